The van der Waals surface area contributed by atoms with Gasteiger partial charge in [-0.25, -0.2) is 0 Å². The van der Waals surface area contributed by atoms with E-state index in [0.717, 1.165) is 10.3 Å². The predicted octanol–water partition coefficient (Wildman–Crippen LogP) is 4.61. The molecule has 0 saturated carbocycles. The van der Waals surface area contributed by atoms with Crippen LogP contribution in [-0.2, 0) is 0 Å². The van der Waals surface area contributed by atoms with Crippen LogP contribution in [0.3, 0.4) is 0 Å². The van der Waals surface area contributed by atoms with Gasteiger partial charge in [0.1, 0.15) is 0 Å². The van der Waals surface area contributed by atoms with Crippen LogP contribution in [0.15, 0.2) is 18.2 Å². The Hall–Kier alpha value is -1.09. The Morgan fingerprint density at radius 3 is 2.71 bits per heavy atom. The topological polar surface area (TPSA) is 20.7 Å². The number of hydrogen-bond acceptors (Lipinski definition) is 1. The van der Waals surface area contributed by atoms with Crippen LogP contribution in [0, 0.1) is 17.6 Å². The Morgan fingerprint density at radius 2 is 2.06 bits per heavy atom. The van der Waals surface area contributed by atoms with Gasteiger partial charge in [-0.2, -0.15) is 0 Å². The molecule has 0 bridgehead atoms. The van der Waals surface area contributed by atoms with E-state index in [1.807, 2.05) is 0 Å². The van der Waals surface area contributed by atoms with Crippen molar-refractivity contribution in [2.75, 3.05) is 0 Å². The second kappa shape index (κ2) is 4.65. The van der Waals surface area contributed by atoms with Gasteiger partial charge < -0.3 is 9.55 Å². The molecular weight excluding hydrogens is 228 g/mol. The number of aromatic nitrogens is 2. The third kappa shape index (κ3) is 2.16. The average molecular weight is 248 g/mol. The molecule has 2 aromatic rings. The Bertz CT molecular complexity index is 579. The van der Waals surface area contributed by atoms with E-state index in [1.165, 1.54) is 17.5 Å². The van der Waals surface area contributed by atoms with Crippen molar-refractivity contribution < 1.29 is 0 Å². The van der Waals surface area contributed by atoms with Crippen molar-refractivity contribution in [2.24, 2.45) is 5.92 Å². The third-order valence-electron chi connectivity index (χ3n) is 3.75. The van der Waals surface area contributed by atoms with Crippen molar-refractivity contribution >= 4 is 23.3 Å². The van der Waals surface area contributed by atoms with Gasteiger partial charge in [-0.15, -0.1) is 0 Å². The first-order valence-corrected chi connectivity index (χ1v) is 6.66. The number of aromatic amines is 1. The minimum absolute atomic E-state index is 0.434. The minimum Gasteiger partial charge on any atom is -0.331 e. The number of H-pyrrole nitrogens is 1. The summed E-state index contributed by atoms with van der Waals surface area (Å²) >= 11 is 5.45. The maximum absolute atomic E-state index is 5.45. The van der Waals surface area contributed by atoms with Gasteiger partial charge in [0.05, 0.1) is 11.0 Å². The molecule has 0 aliphatic carbocycles. The van der Waals surface area contributed by atoms with Crippen LogP contribution in [-0.4, -0.2) is 9.55 Å². The molecule has 0 amide bonds. The lowest BCUT2D eigenvalue weighted by Gasteiger charge is -2.20. The maximum atomic E-state index is 5.45. The smallest absolute Gasteiger partial charge is 0.178 e. The third-order valence-corrected chi connectivity index (χ3v) is 4.05. The van der Waals surface area contributed by atoms with E-state index in [0.29, 0.717) is 12.0 Å². The first-order chi connectivity index (χ1) is 8.04. The molecule has 0 aliphatic heterocycles. The molecule has 0 radical (unpaired) electrons. The van der Waals surface area contributed by atoms with E-state index in [2.05, 4.69) is 55.4 Å². The van der Waals surface area contributed by atoms with Crippen LogP contribution in [0.25, 0.3) is 11.0 Å². The molecular formula is C14H20N2S. The lowest BCUT2D eigenvalue weighted by atomic mass is 10.0. The average Bonchev–Trinajstić information content (AvgIpc) is 2.62. The summed E-state index contributed by atoms with van der Waals surface area (Å²) in [5.74, 6) is 0.627. The lowest BCUT2D eigenvalue weighted by molar-refractivity contribution is 0.374. The number of imidazole rings is 1. The second-order valence-electron chi connectivity index (χ2n) is 4.95. The molecule has 0 fully saturated rings. The Morgan fingerprint density at radius 1 is 1.35 bits per heavy atom. The molecule has 17 heavy (non-hydrogen) atoms. The minimum atomic E-state index is 0.434. The molecule has 2 nitrogen and oxygen atoms in total. The molecule has 2 atom stereocenters. The van der Waals surface area contributed by atoms with E-state index in [4.69, 9.17) is 12.2 Å². The molecule has 0 saturated heterocycles. The molecule has 92 valence electrons. The van der Waals surface area contributed by atoms with Gasteiger partial charge in [0.2, 0.25) is 0 Å². The van der Waals surface area contributed by atoms with E-state index in [-0.39, 0.29) is 0 Å². The van der Waals surface area contributed by atoms with Crippen molar-refractivity contribution in [3.63, 3.8) is 0 Å². The van der Waals surface area contributed by atoms with Crippen LogP contribution < -0.4 is 0 Å². The highest BCUT2D eigenvalue weighted by Gasteiger charge is 2.16. The first kappa shape index (κ1) is 12.4. The highest BCUT2D eigenvalue weighted by Crippen LogP contribution is 2.26. The van der Waals surface area contributed by atoms with Crippen molar-refractivity contribution in [2.45, 2.75) is 40.2 Å². The van der Waals surface area contributed by atoms with Gasteiger partial charge in [-0.1, -0.05) is 26.3 Å². The summed E-state index contributed by atoms with van der Waals surface area (Å²) in [5, 5.41) is 0. The summed E-state index contributed by atoms with van der Waals surface area (Å²) in [6, 6.07) is 6.90. The van der Waals surface area contributed by atoms with Crippen molar-refractivity contribution in [1.82, 2.24) is 9.55 Å². The van der Waals surface area contributed by atoms with E-state index >= 15 is 0 Å². The number of nitrogens with one attached hydrogen (secondary N) is 1. The van der Waals surface area contributed by atoms with Crippen LogP contribution in [0.2, 0.25) is 0 Å². The molecule has 0 aliphatic rings. The summed E-state index contributed by atoms with van der Waals surface area (Å²) in [6.45, 7) is 8.85. The number of fused-ring (bicyclic) bond motifs is 1. The zero-order valence-corrected chi connectivity index (χ0v) is 11.8. The van der Waals surface area contributed by atoms with Crippen molar-refractivity contribution in [1.29, 1.82) is 0 Å². The molecule has 1 aromatic carbocycles. The number of rotatable bonds is 3. The van der Waals surface area contributed by atoms with Crippen molar-refractivity contribution in [3.05, 3.63) is 28.5 Å². The largest absolute Gasteiger partial charge is 0.331 e. The zero-order chi connectivity index (χ0) is 12.6. The zero-order valence-electron chi connectivity index (χ0n) is 10.9. The monoisotopic (exact) mass is 248 g/mol. The first-order valence-electron chi connectivity index (χ1n) is 6.25. The number of hydrogen-bond donors (Lipinski definition) is 1. The fourth-order valence-electron chi connectivity index (χ4n) is 2.24. The summed E-state index contributed by atoms with van der Waals surface area (Å²) < 4.78 is 3.08. The van der Waals surface area contributed by atoms with Gasteiger partial charge in [0.25, 0.3) is 0 Å². The standard InChI is InChI=1S/C14H20N2S/c1-5-10(3)11(4)16-13-7-6-9(2)8-12(13)15-14(16)17/h6-8,10-11H,5H2,1-4H3,(H,15,17). The Labute approximate surface area is 108 Å². The fourth-order valence-corrected chi connectivity index (χ4v) is 2.62. The second-order valence-corrected chi connectivity index (χ2v) is 5.33. The Balaban J connectivity index is 2.61. The molecule has 0 spiro atoms. The lowest BCUT2D eigenvalue weighted by Crippen LogP contribution is -2.13. The van der Waals surface area contributed by atoms with Gasteiger partial charge in [0, 0.05) is 6.04 Å². The van der Waals surface area contributed by atoms with Gasteiger partial charge >= 0.3 is 0 Å². The summed E-state index contributed by atoms with van der Waals surface area (Å²) in [6.07, 6.45) is 1.17. The molecule has 1 aromatic heterocycles. The van der Waals surface area contributed by atoms with Crippen LogP contribution in [0.5, 0.6) is 0 Å². The van der Waals surface area contributed by atoms with Crippen LogP contribution in [0.1, 0.15) is 38.8 Å². The number of nitrogens with zero attached hydrogens (tertiary/aromatic N) is 1. The van der Waals surface area contributed by atoms with Gasteiger partial charge in [-0.3, -0.25) is 0 Å². The predicted molar refractivity (Wildman–Crippen MR) is 76.0 cm³/mol. The summed E-state index contributed by atoms with van der Waals surface area (Å²) in [7, 11) is 0. The normalized spacial score (nSPS) is 15.1. The summed E-state index contributed by atoms with van der Waals surface area (Å²) in [5.41, 5.74) is 3.62. The maximum Gasteiger partial charge on any atom is 0.178 e. The quantitative estimate of drug-likeness (QED) is 0.786. The van der Waals surface area contributed by atoms with E-state index in [9.17, 15) is 0 Å². The fraction of sp³-hybridized carbons (Fsp3) is 0.500. The van der Waals surface area contributed by atoms with Crippen LogP contribution in [0.4, 0.5) is 0 Å². The molecule has 1 heterocycles. The molecule has 1 N–H and O–H groups in total. The van der Waals surface area contributed by atoms with Crippen LogP contribution >= 0.6 is 12.2 Å². The highest BCUT2D eigenvalue weighted by molar-refractivity contribution is 7.71. The molecule has 2 rings (SSSR count). The number of benzene rings is 1. The van der Waals surface area contributed by atoms with Gasteiger partial charge in [0.15, 0.2) is 4.77 Å². The summed E-state index contributed by atoms with van der Waals surface area (Å²) in [4.78, 5) is 3.31. The SMILES string of the molecule is CCC(C)C(C)n1c(=S)[nH]c2cc(C)ccc21. The number of aryl methyl sites for hydroxylation is 1. The van der Waals surface area contributed by atoms with E-state index in [1.54, 1.807) is 0 Å². The highest BCUT2D eigenvalue weighted by atomic mass is 32.1. The van der Waals surface area contributed by atoms with Gasteiger partial charge in [-0.05, 0) is 49.7 Å². The molecule has 3 heteroatoms. The Kier molecular flexibility index (Phi) is 3.38. The van der Waals surface area contributed by atoms with E-state index < -0.39 is 0 Å². The molecule has 2 unspecified atom stereocenters. The van der Waals surface area contributed by atoms with Crippen molar-refractivity contribution in [3.8, 4) is 0 Å².